The van der Waals surface area contributed by atoms with E-state index in [1.807, 2.05) is 40.3 Å². The first-order chi connectivity index (χ1) is 26.6. The van der Waals surface area contributed by atoms with Crippen molar-refractivity contribution in [3.05, 3.63) is 18.7 Å². The van der Waals surface area contributed by atoms with Crippen molar-refractivity contribution in [2.75, 3.05) is 57.6 Å². The molecule has 0 spiro atoms. The van der Waals surface area contributed by atoms with Crippen molar-refractivity contribution >= 4 is 33.5 Å². The predicted molar refractivity (Wildman–Crippen MR) is 229 cm³/mol. The Morgan fingerprint density at radius 2 is 1.13 bits per heavy atom. The second-order valence-corrected chi connectivity index (χ2v) is 17.3. The SMILES string of the molecule is CCCCCCCCCCSSCCOC(=O)CCN(CCCCCCOC(=O)CCC(OCCCCCC)OCCCCCC)CCCn1ccnc1. The number of aromatic nitrogens is 2. The second-order valence-electron chi connectivity index (χ2n) is 14.6. The van der Waals surface area contributed by atoms with Crippen LogP contribution in [0, 0.1) is 0 Å². The number of imidazole rings is 1. The first-order valence-corrected chi connectivity index (χ1v) is 24.5. The maximum atomic E-state index is 12.5. The van der Waals surface area contributed by atoms with Crippen LogP contribution in [0.1, 0.15) is 175 Å². The minimum absolute atomic E-state index is 0.103. The van der Waals surface area contributed by atoms with Crippen LogP contribution in [-0.4, -0.2) is 90.2 Å². The van der Waals surface area contributed by atoms with Gasteiger partial charge in [-0.2, -0.15) is 0 Å². The lowest BCUT2D eigenvalue weighted by Crippen LogP contribution is -2.30. The van der Waals surface area contributed by atoms with Crippen LogP contribution in [0.15, 0.2) is 18.7 Å². The van der Waals surface area contributed by atoms with Crippen molar-refractivity contribution in [1.29, 1.82) is 0 Å². The van der Waals surface area contributed by atoms with Gasteiger partial charge in [0, 0.05) is 56.6 Å². The molecular formula is C43H81N3O6S2. The Hall–Kier alpha value is -1.27. The van der Waals surface area contributed by atoms with Crippen molar-refractivity contribution in [2.24, 2.45) is 0 Å². The van der Waals surface area contributed by atoms with Crippen LogP contribution in [-0.2, 0) is 35.1 Å². The molecule has 0 aliphatic carbocycles. The number of carbonyl (C=O) groups is 2. The topological polar surface area (TPSA) is 92.1 Å². The molecule has 0 fully saturated rings. The number of ether oxygens (including phenoxy) is 4. The van der Waals surface area contributed by atoms with Crippen LogP contribution in [0.2, 0.25) is 0 Å². The molecule has 0 atom stereocenters. The maximum Gasteiger partial charge on any atom is 0.307 e. The average Bonchev–Trinajstić information content (AvgIpc) is 3.70. The highest BCUT2D eigenvalue weighted by molar-refractivity contribution is 8.76. The zero-order chi connectivity index (χ0) is 39.0. The summed E-state index contributed by atoms with van der Waals surface area (Å²) in [4.78, 5) is 31.5. The molecule has 0 aliphatic rings. The highest BCUT2D eigenvalue weighted by atomic mass is 33.1. The molecule has 0 radical (unpaired) electrons. The highest BCUT2D eigenvalue weighted by Gasteiger charge is 2.14. The first kappa shape index (κ1) is 50.7. The van der Waals surface area contributed by atoms with E-state index in [1.165, 1.54) is 95.6 Å². The molecule has 54 heavy (non-hydrogen) atoms. The van der Waals surface area contributed by atoms with Gasteiger partial charge in [0.25, 0.3) is 0 Å². The van der Waals surface area contributed by atoms with Crippen molar-refractivity contribution in [3.63, 3.8) is 0 Å². The van der Waals surface area contributed by atoms with Gasteiger partial charge < -0.3 is 28.4 Å². The number of rotatable bonds is 42. The zero-order valence-corrected chi connectivity index (χ0v) is 36.6. The van der Waals surface area contributed by atoms with E-state index < -0.39 is 0 Å². The third-order valence-corrected chi connectivity index (χ3v) is 12.0. The summed E-state index contributed by atoms with van der Waals surface area (Å²) >= 11 is 0. The fraction of sp³-hybridized carbons (Fsp3) is 0.884. The van der Waals surface area contributed by atoms with Gasteiger partial charge in [-0.05, 0) is 51.6 Å². The first-order valence-electron chi connectivity index (χ1n) is 22.1. The molecule has 0 N–H and O–H groups in total. The lowest BCUT2D eigenvalue weighted by Gasteiger charge is -2.22. The van der Waals surface area contributed by atoms with E-state index in [1.54, 1.807) is 0 Å². The van der Waals surface area contributed by atoms with Gasteiger partial charge in [-0.15, -0.1) is 0 Å². The van der Waals surface area contributed by atoms with E-state index in [4.69, 9.17) is 18.9 Å². The van der Waals surface area contributed by atoms with Crippen molar-refractivity contribution in [3.8, 4) is 0 Å². The molecule has 0 saturated carbocycles. The van der Waals surface area contributed by atoms with E-state index in [-0.39, 0.29) is 18.2 Å². The van der Waals surface area contributed by atoms with Crippen LogP contribution >= 0.6 is 21.6 Å². The van der Waals surface area contributed by atoms with Crippen LogP contribution in [0.4, 0.5) is 0 Å². The number of hydrogen-bond donors (Lipinski definition) is 0. The smallest absolute Gasteiger partial charge is 0.307 e. The molecule has 0 unspecified atom stereocenters. The largest absolute Gasteiger partial charge is 0.466 e. The molecule has 0 amide bonds. The Morgan fingerprint density at radius 3 is 1.80 bits per heavy atom. The van der Waals surface area contributed by atoms with Gasteiger partial charge in [-0.3, -0.25) is 9.59 Å². The molecule has 9 nitrogen and oxygen atoms in total. The Morgan fingerprint density at radius 1 is 0.593 bits per heavy atom. The number of esters is 2. The molecule has 0 aliphatic heterocycles. The molecule has 316 valence electrons. The summed E-state index contributed by atoms with van der Waals surface area (Å²) in [6, 6.07) is 0. The van der Waals surface area contributed by atoms with Crippen LogP contribution in [0.25, 0.3) is 0 Å². The molecule has 1 aromatic rings. The summed E-state index contributed by atoms with van der Waals surface area (Å²) in [6.07, 6.45) is 31.6. The molecule has 1 heterocycles. The summed E-state index contributed by atoms with van der Waals surface area (Å²) < 4.78 is 25.2. The zero-order valence-electron chi connectivity index (χ0n) is 35.0. The van der Waals surface area contributed by atoms with Gasteiger partial charge in [0.2, 0.25) is 0 Å². The lowest BCUT2D eigenvalue weighted by molar-refractivity contribution is -0.159. The fourth-order valence-corrected chi connectivity index (χ4v) is 8.12. The molecule has 1 rings (SSSR count). The standard InChI is InChI=1S/C43H81N3O6S2/c1-4-7-10-13-14-15-18-23-38-53-54-39-37-50-42(48)27-32-45(30-24-31-46-33-28-44-40-46)29-19-16-17-22-34-49-41(47)25-26-43(51-35-20-11-8-5-2)52-36-21-12-9-6-3/h28,33,40,43H,4-27,29-32,34-39H2,1-3H3. The van der Waals surface area contributed by atoms with E-state index in [0.29, 0.717) is 52.2 Å². The summed E-state index contributed by atoms with van der Waals surface area (Å²) in [5.74, 6) is 1.75. The average molecular weight is 800 g/mol. The summed E-state index contributed by atoms with van der Waals surface area (Å²) in [6.45, 7) is 12.5. The second kappa shape index (κ2) is 39.9. The molecule has 1 aromatic heterocycles. The minimum atomic E-state index is -0.331. The van der Waals surface area contributed by atoms with E-state index in [0.717, 1.165) is 70.3 Å². The molecule has 0 bridgehead atoms. The van der Waals surface area contributed by atoms with E-state index in [2.05, 4.69) is 35.2 Å². The Balaban J connectivity index is 2.22. The monoisotopic (exact) mass is 800 g/mol. The molecular weight excluding hydrogens is 719 g/mol. The number of carbonyl (C=O) groups excluding carboxylic acids is 2. The third kappa shape index (κ3) is 34.0. The molecule has 11 heteroatoms. The van der Waals surface area contributed by atoms with Crippen molar-refractivity contribution in [1.82, 2.24) is 14.5 Å². The summed E-state index contributed by atoms with van der Waals surface area (Å²) in [5.41, 5.74) is 0. The highest BCUT2D eigenvalue weighted by Crippen LogP contribution is 2.23. The third-order valence-electron chi connectivity index (χ3n) is 9.50. The van der Waals surface area contributed by atoms with Crippen LogP contribution < -0.4 is 0 Å². The molecule has 0 aromatic carbocycles. The minimum Gasteiger partial charge on any atom is -0.466 e. The van der Waals surface area contributed by atoms with Crippen molar-refractivity contribution < 1.29 is 28.5 Å². The number of aryl methyl sites for hydroxylation is 1. The Labute approximate surface area is 339 Å². The van der Waals surface area contributed by atoms with Gasteiger partial charge in [-0.1, -0.05) is 139 Å². The van der Waals surface area contributed by atoms with Gasteiger partial charge in [0.15, 0.2) is 6.29 Å². The van der Waals surface area contributed by atoms with Crippen molar-refractivity contribution in [2.45, 2.75) is 188 Å². The quantitative estimate of drug-likeness (QED) is 0.0275. The van der Waals surface area contributed by atoms with E-state index in [9.17, 15) is 9.59 Å². The number of unbranched alkanes of at least 4 members (excludes halogenated alkanes) is 16. The Bertz CT molecular complexity index is 928. The van der Waals surface area contributed by atoms with Crippen LogP contribution in [0.3, 0.4) is 0 Å². The maximum absolute atomic E-state index is 12.5. The van der Waals surface area contributed by atoms with Gasteiger partial charge in [-0.25, -0.2) is 4.98 Å². The normalized spacial score (nSPS) is 11.6. The Kier molecular flexibility index (Phi) is 37.5. The predicted octanol–water partition coefficient (Wildman–Crippen LogP) is 11.4. The lowest BCUT2D eigenvalue weighted by atomic mass is 10.1. The van der Waals surface area contributed by atoms with E-state index >= 15 is 0 Å². The summed E-state index contributed by atoms with van der Waals surface area (Å²) in [5, 5.41) is 0. The van der Waals surface area contributed by atoms with Gasteiger partial charge in [0.05, 0.1) is 25.8 Å². The molecule has 0 saturated heterocycles. The fourth-order valence-electron chi connectivity index (χ4n) is 6.14. The number of hydrogen-bond acceptors (Lipinski definition) is 10. The number of nitrogens with zero attached hydrogens (tertiary/aromatic N) is 3. The summed E-state index contributed by atoms with van der Waals surface area (Å²) in [7, 11) is 3.73. The van der Waals surface area contributed by atoms with Gasteiger partial charge in [0.1, 0.15) is 6.61 Å². The van der Waals surface area contributed by atoms with Crippen LogP contribution in [0.5, 0.6) is 0 Å². The van der Waals surface area contributed by atoms with Gasteiger partial charge >= 0.3 is 11.9 Å².